The van der Waals surface area contributed by atoms with Crippen molar-refractivity contribution in [1.82, 2.24) is 5.32 Å². The molecule has 0 saturated carbocycles. The Morgan fingerprint density at radius 1 is 1.50 bits per heavy atom. The molecule has 0 saturated heterocycles. The van der Waals surface area contributed by atoms with Gasteiger partial charge in [0, 0.05) is 19.0 Å². The van der Waals surface area contributed by atoms with Crippen molar-refractivity contribution < 1.29 is 4.79 Å². The van der Waals surface area contributed by atoms with Crippen LogP contribution in [0.25, 0.3) is 0 Å². The van der Waals surface area contributed by atoms with Crippen molar-refractivity contribution in [3.05, 3.63) is 0 Å². The maximum Gasteiger partial charge on any atom is 0.223 e. The lowest BCUT2D eigenvalue weighted by Gasteiger charge is -2.25. The number of rotatable bonds is 3. The van der Waals surface area contributed by atoms with E-state index in [0.29, 0.717) is 13.1 Å². The minimum atomic E-state index is 0.0265. The van der Waals surface area contributed by atoms with Crippen molar-refractivity contribution in [3.63, 3.8) is 0 Å². The van der Waals surface area contributed by atoms with Crippen LogP contribution in [0.5, 0.6) is 0 Å². The number of nitrogens with one attached hydrogen (secondary N) is 1. The van der Waals surface area contributed by atoms with Gasteiger partial charge in [0.1, 0.15) is 0 Å². The zero-order valence-electron chi connectivity index (χ0n) is 8.48. The number of nitrogens with two attached hydrogens (primary N) is 1. The van der Waals surface area contributed by atoms with Gasteiger partial charge in [-0.25, -0.2) is 0 Å². The van der Waals surface area contributed by atoms with Crippen LogP contribution in [0, 0.1) is 11.3 Å². The summed E-state index contributed by atoms with van der Waals surface area (Å²) in [5.41, 5.74) is 5.30. The van der Waals surface area contributed by atoms with Gasteiger partial charge in [-0.1, -0.05) is 27.7 Å². The van der Waals surface area contributed by atoms with E-state index in [2.05, 4.69) is 26.1 Å². The summed E-state index contributed by atoms with van der Waals surface area (Å²) in [7, 11) is 0. The highest BCUT2D eigenvalue weighted by atomic mass is 16.1. The topological polar surface area (TPSA) is 55.1 Å². The second-order valence-corrected chi connectivity index (χ2v) is 4.17. The van der Waals surface area contributed by atoms with Crippen LogP contribution in [0.4, 0.5) is 0 Å². The van der Waals surface area contributed by atoms with Crippen LogP contribution in [0.3, 0.4) is 0 Å². The molecule has 0 aromatic carbocycles. The summed E-state index contributed by atoms with van der Waals surface area (Å²) in [6.45, 7) is 9.17. The molecule has 0 fully saturated rings. The molecule has 0 rings (SSSR count). The number of carbonyl (C=O) groups is 1. The number of hydrogen-bond donors (Lipinski definition) is 2. The van der Waals surface area contributed by atoms with E-state index in [0.717, 1.165) is 0 Å². The number of amides is 1. The van der Waals surface area contributed by atoms with E-state index in [9.17, 15) is 4.79 Å². The highest BCUT2D eigenvalue weighted by Gasteiger charge is 2.25. The van der Waals surface area contributed by atoms with Crippen LogP contribution >= 0.6 is 0 Å². The van der Waals surface area contributed by atoms with Crippen LogP contribution in [0.2, 0.25) is 0 Å². The summed E-state index contributed by atoms with van der Waals surface area (Å²) in [6.07, 6.45) is 0. The molecule has 0 radical (unpaired) electrons. The monoisotopic (exact) mass is 172 g/mol. The molecule has 3 nitrogen and oxygen atoms in total. The molecule has 0 aliphatic rings. The van der Waals surface area contributed by atoms with Gasteiger partial charge in [0.25, 0.3) is 0 Å². The summed E-state index contributed by atoms with van der Waals surface area (Å²) in [4.78, 5) is 11.4. The number of hydrogen-bond acceptors (Lipinski definition) is 2. The standard InChI is InChI=1S/C9H20N2O/c1-7(9(2,3)4)8(12)11-6-5-10/h7H,5-6,10H2,1-4H3,(H,11,12). The third-order valence-corrected chi connectivity index (χ3v) is 2.14. The predicted octanol–water partition coefficient (Wildman–Crippen LogP) is 0.743. The van der Waals surface area contributed by atoms with Gasteiger partial charge in [0.15, 0.2) is 0 Å². The third-order valence-electron chi connectivity index (χ3n) is 2.14. The Hall–Kier alpha value is -0.570. The SMILES string of the molecule is CC(C(=O)NCCN)C(C)(C)C. The summed E-state index contributed by atoms with van der Waals surface area (Å²) in [5, 5.41) is 2.77. The van der Waals surface area contributed by atoms with Crippen LogP contribution in [-0.2, 0) is 4.79 Å². The van der Waals surface area contributed by atoms with Crippen molar-refractivity contribution in [1.29, 1.82) is 0 Å². The fourth-order valence-electron chi connectivity index (χ4n) is 0.742. The highest BCUT2D eigenvalue weighted by molar-refractivity contribution is 5.78. The molecule has 1 amide bonds. The largest absolute Gasteiger partial charge is 0.355 e. The first-order valence-electron chi connectivity index (χ1n) is 4.37. The van der Waals surface area contributed by atoms with Crippen LogP contribution < -0.4 is 11.1 Å². The first-order chi connectivity index (χ1) is 5.39. The minimum Gasteiger partial charge on any atom is -0.355 e. The average molecular weight is 172 g/mol. The molecule has 1 unspecified atom stereocenters. The third kappa shape index (κ3) is 3.72. The lowest BCUT2D eigenvalue weighted by molar-refractivity contribution is -0.127. The van der Waals surface area contributed by atoms with Crippen LogP contribution in [0.1, 0.15) is 27.7 Å². The average Bonchev–Trinajstić information content (AvgIpc) is 1.97. The first kappa shape index (κ1) is 11.4. The lowest BCUT2D eigenvalue weighted by atomic mass is 9.81. The van der Waals surface area contributed by atoms with Gasteiger partial charge in [-0.2, -0.15) is 0 Å². The summed E-state index contributed by atoms with van der Waals surface area (Å²) < 4.78 is 0. The predicted molar refractivity (Wildman–Crippen MR) is 50.7 cm³/mol. The van der Waals surface area contributed by atoms with Crippen LogP contribution in [-0.4, -0.2) is 19.0 Å². The van der Waals surface area contributed by atoms with E-state index < -0.39 is 0 Å². The molecule has 0 aliphatic heterocycles. The molecule has 0 aromatic rings. The van der Waals surface area contributed by atoms with Gasteiger partial charge < -0.3 is 11.1 Å². The van der Waals surface area contributed by atoms with Gasteiger partial charge >= 0.3 is 0 Å². The maximum absolute atomic E-state index is 11.4. The highest BCUT2D eigenvalue weighted by Crippen LogP contribution is 2.24. The summed E-state index contributed by atoms with van der Waals surface area (Å²) in [6, 6.07) is 0. The van der Waals surface area contributed by atoms with Gasteiger partial charge in [0.05, 0.1) is 0 Å². The van der Waals surface area contributed by atoms with Gasteiger partial charge in [0.2, 0.25) is 5.91 Å². The Morgan fingerprint density at radius 2 is 2.00 bits per heavy atom. The summed E-state index contributed by atoms with van der Waals surface area (Å²) in [5.74, 6) is 0.122. The van der Waals surface area contributed by atoms with E-state index in [1.54, 1.807) is 0 Å². The number of carbonyl (C=O) groups excluding carboxylic acids is 1. The van der Waals surface area contributed by atoms with Gasteiger partial charge in [-0.15, -0.1) is 0 Å². The molecule has 3 N–H and O–H groups in total. The lowest BCUT2D eigenvalue weighted by Crippen LogP contribution is -2.38. The fourth-order valence-corrected chi connectivity index (χ4v) is 0.742. The van der Waals surface area contributed by atoms with Crippen molar-refractivity contribution in [3.8, 4) is 0 Å². The maximum atomic E-state index is 11.4. The Balaban J connectivity index is 3.94. The molecule has 0 spiro atoms. The summed E-state index contributed by atoms with van der Waals surface area (Å²) >= 11 is 0. The molecule has 0 aromatic heterocycles. The van der Waals surface area contributed by atoms with E-state index >= 15 is 0 Å². The Morgan fingerprint density at radius 3 is 2.33 bits per heavy atom. The molecule has 3 heteroatoms. The Labute approximate surface area is 74.7 Å². The zero-order chi connectivity index (χ0) is 9.78. The first-order valence-corrected chi connectivity index (χ1v) is 4.37. The van der Waals surface area contributed by atoms with Crippen LogP contribution in [0.15, 0.2) is 0 Å². The van der Waals surface area contributed by atoms with Gasteiger partial charge in [-0.3, -0.25) is 4.79 Å². The molecular formula is C9H20N2O. The van der Waals surface area contributed by atoms with Crippen molar-refractivity contribution >= 4 is 5.91 Å². The van der Waals surface area contributed by atoms with E-state index in [1.165, 1.54) is 0 Å². The normalized spacial score (nSPS) is 14.1. The fraction of sp³-hybridized carbons (Fsp3) is 0.889. The second-order valence-electron chi connectivity index (χ2n) is 4.17. The molecule has 72 valence electrons. The van der Waals surface area contributed by atoms with Crippen molar-refractivity contribution in [2.24, 2.45) is 17.1 Å². The molecule has 0 bridgehead atoms. The molecule has 0 heterocycles. The smallest absolute Gasteiger partial charge is 0.223 e. The van der Waals surface area contributed by atoms with E-state index in [4.69, 9.17) is 5.73 Å². The molecule has 1 atom stereocenters. The van der Waals surface area contributed by atoms with E-state index in [1.807, 2.05) is 6.92 Å². The Bertz CT molecular complexity index is 149. The Kier molecular flexibility index (Phi) is 4.24. The molecule has 0 aliphatic carbocycles. The quantitative estimate of drug-likeness (QED) is 0.660. The zero-order valence-corrected chi connectivity index (χ0v) is 8.48. The van der Waals surface area contributed by atoms with Gasteiger partial charge in [-0.05, 0) is 5.41 Å². The second kappa shape index (κ2) is 4.45. The van der Waals surface area contributed by atoms with Crippen molar-refractivity contribution in [2.75, 3.05) is 13.1 Å². The minimum absolute atomic E-state index is 0.0265. The van der Waals surface area contributed by atoms with Crippen molar-refractivity contribution in [2.45, 2.75) is 27.7 Å². The molecular weight excluding hydrogens is 152 g/mol. The van der Waals surface area contributed by atoms with E-state index in [-0.39, 0.29) is 17.2 Å². The molecule has 12 heavy (non-hydrogen) atoms.